The van der Waals surface area contributed by atoms with Crippen LogP contribution in [0.3, 0.4) is 0 Å². The lowest BCUT2D eigenvalue weighted by Crippen LogP contribution is -2.62. The van der Waals surface area contributed by atoms with Gasteiger partial charge in [-0.3, -0.25) is 24.7 Å². The van der Waals surface area contributed by atoms with Gasteiger partial charge in [0.25, 0.3) is 21.8 Å². The maximum Gasteiger partial charge on any atom is 0.344 e. The molecular formula is C35H33ClN4O7S. The van der Waals surface area contributed by atoms with Crippen molar-refractivity contribution in [2.24, 2.45) is 0 Å². The zero-order valence-corrected chi connectivity index (χ0v) is 27.6. The van der Waals surface area contributed by atoms with Gasteiger partial charge in [-0.05, 0) is 60.7 Å². The number of nitrogens with one attached hydrogen (secondary N) is 1. The molecule has 1 aromatic heterocycles. The molecular weight excluding hydrogens is 656 g/mol. The van der Waals surface area contributed by atoms with Crippen molar-refractivity contribution in [3.05, 3.63) is 119 Å². The number of halogens is 1. The minimum atomic E-state index is -4.70. The third kappa shape index (κ3) is 6.73. The fourth-order valence-electron chi connectivity index (χ4n) is 5.72. The van der Waals surface area contributed by atoms with Crippen molar-refractivity contribution < 1.29 is 32.7 Å². The lowest BCUT2D eigenvalue weighted by Gasteiger charge is -2.35. The van der Waals surface area contributed by atoms with Crippen molar-refractivity contribution in [2.75, 3.05) is 6.54 Å². The average molecular weight is 689 g/mol. The first kappa shape index (κ1) is 34.4. The van der Waals surface area contributed by atoms with Gasteiger partial charge in [-0.15, -0.1) is 0 Å². The molecule has 5 rings (SSSR count). The van der Waals surface area contributed by atoms with Crippen molar-refractivity contribution in [3.8, 4) is 11.1 Å². The standard InChI is InChI=1S/C35H33ClN4O7S/c1-2-8-31(41)40(33(43)28-10-3-5-11-29(28)36)48(46,47)30-12-6-4-9-27(30)25-15-13-24(14-16-25)23-38-35(34(44)45)19-7-22-39(35)32(42)26-17-20-37-21-18-26/h3-6,9-18,20-21,38H,2,7-8,19,22-23H2,1H3,(H,44,45). The highest BCUT2D eigenvalue weighted by molar-refractivity contribution is 7.90. The fraction of sp³-hybridized carbons (Fsp3) is 0.229. The number of imide groups is 1. The van der Waals surface area contributed by atoms with E-state index < -0.39 is 39.4 Å². The first-order chi connectivity index (χ1) is 23.0. The van der Waals surface area contributed by atoms with Gasteiger partial charge >= 0.3 is 5.97 Å². The van der Waals surface area contributed by atoms with Gasteiger partial charge in [0.1, 0.15) is 0 Å². The first-order valence-electron chi connectivity index (χ1n) is 15.3. The lowest BCUT2D eigenvalue weighted by atomic mass is 10.0. The third-order valence-electron chi connectivity index (χ3n) is 8.14. The summed E-state index contributed by atoms with van der Waals surface area (Å²) in [5.74, 6) is -3.52. The van der Waals surface area contributed by atoms with Crippen LogP contribution in [0.25, 0.3) is 11.1 Å². The van der Waals surface area contributed by atoms with Crippen LogP contribution in [-0.4, -0.2) is 63.6 Å². The Morgan fingerprint density at radius 2 is 1.62 bits per heavy atom. The second kappa shape index (κ2) is 14.5. The van der Waals surface area contributed by atoms with Crippen LogP contribution in [0.4, 0.5) is 0 Å². The van der Waals surface area contributed by atoms with Crippen LogP contribution in [0.2, 0.25) is 5.02 Å². The van der Waals surface area contributed by atoms with E-state index in [1.165, 1.54) is 59.8 Å². The molecule has 0 aliphatic carbocycles. The highest BCUT2D eigenvalue weighted by Gasteiger charge is 2.50. The molecule has 248 valence electrons. The number of carboxylic acid groups (broad SMARTS) is 1. The highest BCUT2D eigenvalue weighted by atomic mass is 35.5. The molecule has 0 bridgehead atoms. The number of hydrogen-bond donors (Lipinski definition) is 2. The van der Waals surface area contributed by atoms with E-state index in [0.717, 1.165) is 0 Å². The van der Waals surface area contributed by atoms with Crippen molar-refractivity contribution in [2.45, 2.75) is 49.7 Å². The van der Waals surface area contributed by atoms with E-state index in [1.807, 2.05) is 0 Å². The molecule has 11 nitrogen and oxygen atoms in total. The van der Waals surface area contributed by atoms with E-state index in [0.29, 0.717) is 33.8 Å². The van der Waals surface area contributed by atoms with Gasteiger partial charge in [-0.25, -0.2) is 13.2 Å². The molecule has 1 unspecified atom stereocenters. The lowest BCUT2D eigenvalue weighted by molar-refractivity contribution is -0.150. The number of likely N-dealkylation sites (tertiary alicyclic amines) is 1. The minimum absolute atomic E-state index is 0.0108. The molecule has 1 aliphatic rings. The highest BCUT2D eigenvalue weighted by Crippen LogP contribution is 2.33. The molecule has 0 radical (unpaired) electrons. The van der Waals surface area contributed by atoms with Gasteiger partial charge in [0.05, 0.1) is 15.5 Å². The van der Waals surface area contributed by atoms with E-state index in [-0.39, 0.29) is 47.0 Å². The number of nitrogens with zero attached hydrogens (tertiary/aromatic N) is 3. The van der Waals surface area contributed by atoms with E-state index >= 15 is 0 Å². The Balaban J connectivity index is 1.42. The van der Waals surface area contributed by atoms with Crippen LogP contribution in [0.5, 0.6) is 0 Å². The van der Waals surface area contributed by atoms with Crippen molar-refractivity contribution in [3.63, 3.8) is 0 Å². The van der Waals surface area contributed by atoms with Gasteiger partial charge in [0.2, 0.25) is 5.91 Å². The van der Waals surface area contributed by atoms with Crippen LogP contribution in [0.1, 0.15) is 58.9 Å². The topological polar surface area (TPSA) is 154 Å². The Morgan fingerprint density at radius 3 is 2.29 bits per heavy atom. The molecule has 4 aromatic rings. The number of carbonyl (C=O) groups is 4. The summed E-state index contributed by atoms with van der Waals surface area (Å²) in [7, 11) is -4.70. The van der Waals surface area contributed by atoms with Crippen LogP contribution in [-0.2, 0) is 26.2 Å². The summed E-state index contributed by atoms with van der Waals surface area (Å²) in [6.45, 7) is 2.06. The molecule has 13 heteroatoms. The second-order valence-corrected chi connectivity index (χ2v) is 13.4. The zero-order valence-electron chi connectivity index (χ0n) is 26.0. The number of carboxylic acids is 1. The third-order valence-corrected chi connectivity index (χ3v) is 10.2. The quantitative estimate of drug-likeness (QED) is 0.212. The number of hydrogen-bond acceptors (Lipinski definition) is 8. The minimum Gasteiger partial charge on any atom is -0.478 e. The molecule has 3 amide bonds. The number of aromatic nitrogens is 1. The van der Waals surface area contributed by atoms with Crippen molar-refractivity contribution in [1.29, 1.82) is 0 Å². The van der Waals surface area contributed by atoms with Gasteiger partial charge in [-0.2, -0.15) is 4.31 Å². The fourth-order valence-corrected chi connectivity index (χ4v) is 7.52. The molecule has 0 spiro atoms. The Bertz CT molecular complexity index is 1960. The average Bonchev–Trinajstić information content (AvgIpc) is 3.53. The second-order valence-electron chi connectivity index (χ2n) is 11.2. The van der Waals surface area contributed by atoms with Crippen LogP contribution in [0, 0.1) is 0 Å². The first-order valence-corrected chi connectivity index (χ1v) is 17.1. The monoisotopic (exact) mass is 688 g/mol. The number of benzene rings is 3. The largest absolute Gasteiger partial charge is 0.478 e. The normalized spacial score (nSPS) is 16.0. The molecule has 2 N–H and O–H groups in total. The van der Waals surface area contributed by atoms with Gasteiger partial charge in [0.15, 0.2) is 5.66 Å². The van der Waals surface area contributed by atoms with Gasteiger partial charge < -0.3 is 10.0 Å². The molecule has 0 saturated carbocycles. The van der Waals surface area contributed by atoms with Gasteiger partial charge in [-0.1, -0.05) is 73.1 Å². The summed E-state index contributed by atoms with van der Waals surface area (Å²) >= 11 is 6.21. The molecule has 3 aromatic carbocycles. The molecule has 1 fully saturated rings. The predicted octanol–water partition coefficient (Wildman–Crippen LogP) is 5.37. The van der Waals surface area contributed by atoms with E-state index in [1.54, 1.807) is 49.4 Å². The number of amides is 3. The summed E-state index contributed by atoms with van der Waals surface area (Å²) < 4.78 is 28.5. The van der Waals surface area contributed by atoms with Crippen LogP contribution < -0.4 is 5.32 Å². The zero-order chi connectivity index (χ0) is 34.5. The summed E-state index contributed by atoms with van der Waals surface area (Å²) in [4.78, 5) is 57.6. The van der Waals surface area contributed by atoms with Crippen molar-refractivity contribution >= 4 is 45.3 Å². The Labute approximate surface area is 283 Å². The maximum absolute atomic E-state index is 14.1. The van der Waals surface area contributed by atoms with Gasteiger partial charge in [0, 0.05) is 43.0 Å². The number of aliphatic carboxylic acids is 1. The molecule has 1 atom stereocenters. The summed E-state index contributed by atoms with van der Waals surface area (Å²) in [5, 5.41) is 13.4. The number of sulfonamides is 1. The predicted molar refractivity (Wildman–Crippen MR) is 178 cm³/mol. The number of carbonyl (C=O) groups excluding carboxylic acids is 3. The Kier molecular flexibility index (Phi) is 10.4. The maximum atomic E-state index is 14.1. The Hall–Kier alpha value is -4.91. The smallest absolute Gasteiger partial charge is 0.344 e. The van der Waals surface area contributed by atoms with Crippen LogP contribution in [0.15, 0.2) is 102 Å². The van der Waals surface area contributed by atoms with E-state index in [4.69, 9.17) is 11.6 Å². The molecule has 1 aliphatic heterocycles. The summed E-state index contributed by atoms with van der Waals surface area (Å²) in [5.41, 5.74) is 0.00315. The molecule has 48 heavy (non-hydrogen) atoms. The summed E-state index contributed by atoms with van der Waals surface area (Å²) in [6.07, 6.45) is 3.79. The molecule has 1 saturated heterocycles. The molecule has 2 heterocycles. The summed E-state index contributed by atoms with van der Waals surface area (Å²) in [6, 6.07) is 21.8. The SMILES string of the molecule is CCCC(=O)N(C(=O)c1ccccc1Cl)S(=O)(=O)c1ccccc1-c1ccc(CNC2(C(=O)O)CCCN2C(=O)c2ccncc2)cc1. The van der Waals surface area contributed by atoms with Crippen LogP contribution >= 0.6 is 11.6 Å². The number of pyridine rings is 1. The van der Waals surface area contributed by atoms with Crippen molar-refractivity contribution in [1.82, 2.24) is 19.5 Å². The van der Waals surface area contributed by atoms with E-state index in [9.17, 15) is 32.7 Å². The van der Waals surface area contributed by atoms with E-state index in [2.05, 4.69) is 10.3 Å². The Morgan fingerprint density at radius 1 is 0.958 bits per heavy atom. The number of rotatable bonds is 11.